The van der Waals surface area contributed by atoms with Crippen molar-refractivity contribution in [2.24, 2.45) is 5.92 Å². The van der Waals surface area contributed by atoms with Crippen LogP contribution in [0.2, 0.25) is 0 Å². The van der Waals surface area contributed by atoms with Crippen LogP contribution in [0.3, 0.4) is 0 Å². The SMILES string of the molecule is CC[C@H](C)[C@H](NC(=O)[C@H](Cc1c[nH]c2ccccc12)NC(=O)CCC1OCCCN1C(=O)OC(C)(C)C)C(=O)O. The molecule has 11 heteroatoms. The zero-order valence-electron chi connectivity index (χ0n) is 24.0. The molecule has 4 atom stereocenters. The van der Waals surface area contributed by atoms with Gasteiger partial charge in [0.15, 0.2) is 0 Å². The number of rotatable bonds is 11. The van der Waals surface area contributed by atoms with Crippen LogP contribution in [0.5, 0.6) is 0 Å². The Balaban J connectivity index is 1.72. The van der Waals surface area contributed by atoms with E-state index in [0.717, 1.165) is 16.5 Å². The van der Waals surface area contributed by atoms with Crippen molar-refractivity contribution < 1.29 is 33.8 Å². The van der Waals surface area contributed by atoms with E-state index in [1.54, 1.807) is 33.9 Å². The number of nitrogens with zero attached hydrogens (tertiary/aromatic N) is 1. The number of amides is 3. The third kappa shape index (κ3) is 8.45. The lowest BCUT2D eigenvalue weighted by Gasteiger charge is -2.36. The number of benzene rings is 1. The Labute approximate surface area is 235 Å². The molecule has 1 fully saturated rings. The van der Waals surface area contributed by atoms with Gasteiger partial charge in [-0.15, -0.1) is 0 Å². The van der Waals surface area contributed by atoms with E-state index in [1.165, 1.54) is 4.90 Å². The third-order valence-corrected chi connectivity index (χ3v) is 6.98. The van der Waals surface area contributed by atoms with Gasteiger partial charge in [0.2, 0.25) is 11.8 Å². The fourth-order valence-electron chi connectivity index (χ4n) is 4.64. The Morgan fingerprint density at radius 3 is 2.60 bits per heavy atom. The molecular formula is C29H42N4O7. The zero-order valence-corrected chi connectivity index (χ0v) is 24.0. The number of carbonyl (C=O) groups is 4. The molecule has 0 bridgehead atoms. The molecule has 1 saturated heterocycles. The van der Waals surface area contributed by atoms with Crippen molar-refractivity contribution in [2.75, 3.05) is 13.2 Å². The Morgan fingerprint density at radius 1 is 1.20 bits per heavy atom. The second-order valence-corrected chi connectivity index (χ2v) is 11.3. The number of H-pyrrole nitrogens is 1. The Morgan fingerprint density at radius 2 is 1.93 bits per heavy atom. The van der Waals surface area contributed by atoms with Crippen molar-refractivity contribution >= 4 is 34.8 Å². The molecule has 1 aliphatic rings. The molecular weight excluding hydrogens is 516 g/mol. The number of carboxylic acids is 1. The highest BCUT2D eigenvalue weighted by atomic mass is 16.6. The van der Waals surface area contributed by atoms with E-state index in [4.69, 9.17) is 9.47 Å². The van der Waals surface area contributed by atoms with Crippen LogP contribution in [0.25, 0.3) is 10.9 Å². The first-order valence-electron chi connectivity index (χ1n) is 13.9. The number of aromatic amines is 1. The molecule has 2 aromatic rings. The lowest BCUT2D eigenvalue weighted by atomic mass is 9.98. The summed E-state index contributed by atoms with van der Waals surface area (Å²) < 4.78 is 11.3. The van der Waals surface area contributed by atoms with E-state index in [2.05, 4.69) is 15.6 Å². The highest BCUT2D eigenvalue weighted by Crippen LogP contribution is 2.21. The topological polar surface area (TPSA) is 150 Å². The van der Waals surface area contributed by atoms with Gasteiger partial charge >= 0.3 is 12.1 Å². The van der Waals surface area contributed by atoms with Gasteiger partial charge in [-0.1, -0.05) is 38.5 Å². The lowest BCUT2D eigenvalue weighted by Crippen LogP contribution is -2.54. The van der Waals surface area contributed by atoms with Gasteiger partial charge in [0.05, 0.1) is 6.61 Å². The predicted octanol–water partition coefficient (Wildman–Crippen LogP) is 3.57. The number of carboxylic acid groups (broad SMARTS) is 1. The summed E-state index contributed by atoms with van der Waals surface area (Å²) in [6.45, 7) is 9.88. The standard InChI is InChI=1S/C29H42N4O7/c1-6-18(2)25(27(36)37)32-26(35)22(16-19-17-30-21-11-8-7-10-20(19)21)31-23(34)12-13-24-33(14-9-15-39-24)28(38)40-29(3,4)5/h7-8,10-11,17-18,22,24-25,30H,6,9,12-16H2,1-5H3,(H,31,34)(H,32,35)(H,36,37)/t18-,22-,24?,25-/m0/s1. The Kier molecular flexibility index (Phi) is 10.6. The summed E-state index contributed by atoms with van der Waals surface area (Å²) in [5.74, 6) is -2.41. The zero-order chi connectivity index (χ0) is 29.4. The minimum atomic E-state index is -1.13. The first kappa shape index (κ1) is 30.9. The normalized spacial score (nSPS) is 18.0. The van der Waals surface area contributed by atoms with E-state index in [0.29, 0.717) is 26.0 Å². The minimum Gasteiger partial charge on any atom is -0.480 e. The van der Waals surface area contributed by atoms with Gasteiger partial charge in [0, 0.05) is 42.9 Å². The van der Waals surface area contributed by atoms with Gasteiger partial charge in [-0.25, -0.2) is 9.59 Å². The number of nitrogens with one attached hydrogen (secondary N) is 3. The summed E-state index contributed by atoms with van der Waals surface area (Å²) in [5, 5.41) is 16.0. The molecule has 1 aliphatic heterocycles. The maximum atomic E-state index is 13.4. The highest BCUT2D eigenvalue weighted by molar-refractivity contribution is 5.92. The van der Waals surface area contributed by atoms with E-state index < -0.39 is 47.8 Å². The second kappa shape index (κ2) is 13.6. The fourth-order valence-corrected chi connectivity index (χ4v) is 4.64. The highest BCUT2D eigenvalue weighted by Gasteiger charge is 2.33. The average Bonchev–Trinajstić information content (AvgIpc) is 3.31. The first-order chi connectivity index (χ1) is 18.9. The monoisotopic (exact) mass is 558 g/mol. The molecule has 0 radical (unpaired) electrons. The van der Waals surface area contributed by atoms with Gasteiger partial charge in [-0.2, -0.15) is 0 Å². The minimum absolute atomic E-state index is 0.00461. The van der Waals surface area contributed by atoms with Crippen LogP contribution < -0.4 is 10.6 Å². The first-order valence-corrected chi connectivity index (χ1v) is 13.9. The molecule has 0 spiro atoms. The van der Waals surface area contributed by atoms with Crippen LogP contribution in [0.1, 0.15) is 65.9 Å². The van der Waals surface area contributed by atoms with Gasteiger partial charge in [0.1, 0.15) is 23.9 Å². The third-order valence-electron chi connectivity index (χ3n) is 6.98. The quantitative estimate of drug-likeness (QED) is 0.329. The molecule has 220 valence electrons. The number of para-hydroxylation sites is 1. The number of aromatic nitrogens is 1. The number of carbonyl (C=O) groups excluding carboxylic acids is 3. The molecule has 2 heterocycles. The van der Waals surface area contributed by atoms with Gasteiger partial charge in [-0.05, 0) is 44.7 Å². The van der Waals surface area contributed by atoms with Crippen molar-refractivity contribution in [3.05, 3.63) is 36.0 Å². The number of hydrogen-bond acceptors (Lipinski definition) is 6. The van der Waals surface area contributed by atoms with Crippen LogP contribution in [-0.4, -0.2) is 75.9 Å². The van der Waals surface area contributed by atoms with Crippen LogP contribution >= 0.6 is 0 Å². The predicted molar refractivity (Wildman–Crippen MR) is 149 cm³/mol. The summed E-state index contributed by atoms with van der Waals surface area (Å²) >= 11 is 0. The fraction of sp³-hybridized carbons (Fsp3) is 0.586. The average molecular weight is 559 g/mol. The summed E-state index contributed by atoms with van der Waals surface area (Å²) in [6, 6.07) is 5.52. The lowest BCUT2D eigenvalue weighted by molar-refractivity contribution is -0.143. The number of aliphatic carboxylic acids is 1. The smallest absolute Gasteiger partial charge is 0.412 e. The van der Waals surface area contributed by atoms with Crippen LogP contribution in [0, 0.1) is 5.92 Å². The van der Waals surface area contributed by atoms with Crippen molar-refractivity contribution in [2.45, 2.75) is 90.6 Å². The number of ether oxygens (including phenoxy) is 2. The maximum absolute atomic E-state index is 13.4. The molecule has 11 nitrogen and oxygen atoms in total. The van der Waals surface area contributed by atoms with Gasteiger partial charge in [-0.3, -0.25) is 14.5 Å². The van der Waals surface area contributed by atoms with Gasteiger partial charge < -0.3 is 30.2 Å². The Hall–Kier alpha value is -3.60. The van der Waals surface area contributed by atoms with E-state index in [9.17, 15) is 24.3 Å². The molecule has 3 rings (SSSR count). The molecule has 1 unspecified atom stereocenters. The summed E-state index contributed by atoms with van der Waals surface area (Å²) in [6.07, 6.45) is 2.26. The summed E-state index contributed by atoms with van der Waals surface area (Å²) in [4.78, 5) is 55.7. The van der Waals surface area contributed by atoms with Crippen molar-refractivity contribution in [3.8, 4) is 0 Å². The number of hydrogen-bond donors (Lipinski definition) is 4. The molecule has 1 aromatic heterocycles. The van der Waals surface area contributed by atoms with E-state index in [-0.39, 0.29) is 25.2 Å². The second-order valence-electron chi connectivity index (χ2n) is 11.3. The Bertz CT molecular complexity index is 1190. The maximum Gasteiger partial charge on any atom is 0.412 e. The molecule has 0 saturated carbocycles. The summed E-state index contributed by atoms with van der Waals surface area (Å²) in [5.41, 5.74) is 1.04. The van der Waals surface area contributed by atoms with Gasteiger partial charge in [0.25, 0.3) is 0 Å². The van der Waals surface area contributed by atoms with Crippen LogP contribution in [-0.2, 0) is 30.3 Å². The van der Waals surface area contributed by atoms with Crippen LogP contribution in [0.15, 0.2) is 30.5 Å². The van der Waals surface area contributed by atoms with Crippen molar-refractivity contribution in [1.29, 1.82) is 0 Å². The van der Waals surface area contributed by atoms with E-state index >= 15 is 0 Å². The largest absolute Gasteiger partial charge is 0.480 e. The molecule has 0 aliphatic carbocycles. The van der Waals surface area contributed by atoms with Crippen LogP contribution in [0.4, 0.5) is 4.79 Å². The molecule has 4 N–H and O–H groups in total. The molecule has 1 aromatic carbocycles. The van der Waals surface area contributed by atoms with E-state index in [1.807, 2.05) is 31.2 Å². The van der Waals surface area contributed by atoms with Crippen molar-refractivity contribution in [1.82, 2.24) is 20.5 Å². The van der Waals surface area contributed by atoms with Crippen molar-refractivity contribution in [3.63, 3.8) is 0 Å². The molecule has 40 heavy (non-hydrogen) atoms. The summed E-state index contributed by atoms with van der Waals surface area (Å²) in [7, 11) is 0. The molecule has 3 amide bonds. The number of fused-ring (bicyclic) bond motifs is 1.